The van der Waals surface area contributed by atoms with Crippen LogP contribution in [0.2, 0.25) is 0 Å². The molecule has 0 atom stereocenters. The molecule has 19 heavy (non-hydrogen) atoms. The van der Waals surface area contributed by atoms with E-state index in [-0.39, 0.29) is 0 Å². The average molecular weight is 255 g/mol. The van der Waals surface area contributed by atoms with E-state index in [9.17, 15) is 5.11 Å². The van der Waals surface area contributed by atoms with Gasteiger partial charge < -0.3 is 10.4 Å². The number of anilines is 2. The largest absolute Gasteiger partial charge is 0.508 e. The molecule has 2 heteroatoms. The van der Waals surface area contributed by atoms with E-state index < -0.39 is 0 Å². The summed E-state index contributed by atoms with van der Waals surface area (Å²) in [6.07, 6.45) is 4.46. The minimum atomic E-state index is 0.398. The van der Waals surface area contributed by atoms with Gasteiger partial charge in [0, 0.05) is 11.4 Å². The van der Waals surface area contributed by atoms with E-state index in [2.05, 4.69) is 12.2 Å². The van der Waals surface area contributed by atoms with Gasteiger partial charge in [0.15, 0.2) is 0 Å². The summed E-state index contributed by atoms with van der Waals surface area (Å²) in [4.78, 5) is 0. The van der Waals surface area contributed by atoms with Crippen molar-refractivity contribution in [1.82, 2.24) is 0 Å². The maximum absolute atomic E-state index is 9.87. The average Bonchev–Trinajstić information content (AvgIpc) is 2.44. The van der Waals surface area contributed by atoms with Gasteiger partial charge in [0.05, 0.1) is 0 Å². The smallest absolute Gasteiger partial charge is 0.118 e. The molecule has 2 nitrogen and oxygen atoms in total. The van der Waals surface area contributed by atoms with Crippen LogP contribution in [0.3, 0.4) is 0 Å². The molecule has 100 valence electrons. The van der Waals surface area contributed by atoms with Gasteiger partial charge in [0.2, 0.25) is 0 Å². The van der Waals surface area contributed by atoms with Crippen LogP contribution >= 0.6 is 0 Å². The lowest BCUT2D eigenvalue weighted by Crippen LogP contribution is -1.93. The molecule has 0 aromatic heterocycles. The van der Waals surface area contributed by atoms with Gasteiger partial charge in [0.25, 0.3) is 0 Å². The topological polar surface area (TPSA) is 32.3 Å². The fraction of sp³-hybridized carbons (Fsp3) is 0.294. The molecular weight excluding hydrogens is 234 g/mol. The van der Waals surface area contributed by atoms with Gasteiger partial charge in [-0.05, 0) is 48.7 Å². The molecule has 0 aliphatic rings. The monoisotopic (exact) mass is 255 g/mol. The first-order valence-electron chi connectivity index (χ1n) is 6.93. The summed E-state index contributed by atoms with van der Waals surface area (Å²) in [5, 5.41) is 13.2. The third-order valence-electron chi connectivity index (χ3n) is 3.19. The van der Waals surface area contributed by atoms with Crippen molar-refractivity contribution in [2.24, 2.45) is 0 Å². The van der Waals surface area contributed by atoms with E-state index in [1.165, 1.54) is 12.8 Å². The van der Waals surface area contributed by atoms with Crippen LogP contribution < -0.4 is 5.32 Å². The Kier molecular flexibility index (Phi) is 4.85. The first-order valence-corrected chi connectivity index (χ1v) is 6.93. The summed E-state index contributed by atoms with van der Waals surface area (Å²) in [6.45, 7) is 2.19. The van der Waals surface area contributed by atoms with E-state index in [4.69, 9.17) is 0 Å². The molecule has 0 saturated heterocycles. The van der Waals surface area contributed by atoms with Crippen molar-refractivity contribution in [3.63, 3.8) is 0 Å². The Morgan fingerprint density at radius 2 is 1.74 bits per heavy atom. The molecule has 0 unspecified atom stereocenters. The molecular formula is C17H21NO. The number of aryl methyl sites for hydroxylation is 1. The molecule has 2 rings (SSSR count). The van der Waals surface area contributed by atoms with Crippen molar-refractivity contribution >= 4 is 11.4 Å². The van der Waals surface area contributed by atoms with Crippen LogP contribution in [0.4, 0.5) is 11.4 Å². The van der Waals surface area contributed by atoms with E-state index in [1.54, 1.807) is 6.07 Å². The van der Waals surface area contributed by atoms with E-state index in [0.717, 1.165) is 29.8 Å². The quantitative estimate of drug-likeness (QED) is 0.570. The third-order valence-corrected chi connectivity index (χ3v) is 3.19. The van der Waals surface area contributed by atoms with E-state index >= 15 is 0 Å². The van der Waals surface area contributed by atoms with E-state index in [1.807, 2.05) is 42.5 Å². The third kappa shape index (κ3) is 4.02. The number of phenols is 1. The van der Waals surface area contributed by atoms with Crippen LogP contribution in [-0.4, -0.2) is 5.11 Å². The maximum Gasteiger partial charge on any atom is 0.118 e. The van der Waals surface area contributed by atoms with Crippen LogP contribution in [0.25, 0.3) is 0 Å². The standard InChI is InChI=1S/C17H21NO/c1-2-3-5-8-14-13-16(11-12-17(14)19)18-15-9-6-4-7-10-15/h4,6-7,9-13,18-19H,2-3,5,8H2,1H3. The zero-order valence-electron chi connectivity index (χ0n) is 11.4. The fourth-order valence-corrected chi connectivity index (χ4v) is 2.12. The van der Waals surface area contributed by atoms with Crippen molar-refractivity contribution in [2.75, 3.05) is 5.32 Å². The number of unbranched alkanes of at least 4 members (excludes halogenated alkanes) is 2. The highest BCUT2D eigenvalue weighted by Gasteiger charge is 2.03. The Morgan fingerprint density at radius 3 is 2.47 bits per heavy atom. The molecule has 0 spiro atoms. The summed E-state index contributed by atoms with van der Waals surface area (Å²) >= 11 is 0. The summed E-state index contributed by atoms with van der Waals surface area (Å²) in [6, 6.07) is 15.8. The first-order chi connectivity index (χ1) is 9.29. The molecule has 0 bridgehead atoms. The Balaban J connectivity index is 2.07. The molecule has 0 radical (unpaired) electrons. The number of rotatable bonds is 6. The van der Waals surface area contributed by atoms with Gasteiger partial charge in [0.1, 0.15) is 5.75 Å². The van der Waals surface area contributed by atoms with Crippen LogP contribution in [0.15, 0.2) is 48.5 Å². The number of benzene rings is 2. The predicted octanol–water partition coefficient (Wildman–Crippen LogP) is 4.87. The summed E-state index contributed by atoms with van der Waals surface area (Å²) in [7, 11) is 0. The van der Waals surface area contributed by atoms with Gasteiger partial charge in [-0.2, -0.15) is 0 Å². The van der Waals surface area contributed by atoms with Crippen LogP contribution in [0, 0.1) is 0 Å². The second-order valence-corrected chi connectivity index (χ2v) is 4.79. The van der Waals surface area contributed by atoms with Crippen LogP contribution in [0.1, 0.15) is 31.7 Å². The molecule has 0 amide bonds. The summed E-state index contributed by atoms with van der Waals surface area (Å²) < 4.78 is 0. The Morgan fingerprint density at radius 1 is 0.947 bits per heavy atom. The Labute approximate surface area is 115 Å². The maximum atomic E-state index is 9.87. The number of para-hydroxylation sites is 1. The minimum Gasteiger partial charge on any atom is -0.508 e. The molecule has 0 aliphatic carbocycles. The van der Waals surface area contributed by atoms with Gasteiger partial charge in [-0.25, -0.2) is 0 Å². The van der Waals surface area contributed by atoms with Gasteiger partial charge in [-0.1, -0.05) is 38.0 Å². The Hall–Kier alpha value is -1.96. The second kappa shape index (κ2) is 6.83. The zero-order chi connectivity index (χ0) is 13.5. The summed E-state index contributed by atoms with van der Waals surface area (Å²) in [5.74, 6) is 0.398. The molecule has 0 fully saturated rings. The highest BCUT2D eigenvalue weighted by Crippen LogP contribution is 2.25. The van der Waals surface area contributed by atoms with Crippen molar-refractivity contribution < 1.29 is 5.11 Å². The lowest BCUT2D eigenvalue weighted by atomic mass is 10.1. The van der Waals surface area contributed by atoms with Crippen molar-refractivity contribution in [1.29, 1.82) is 0 Å². The van der Waals surface area contributed by atoms with Gasteiger partial charge in [-0.3, -0.25) is 0 Å². The molecule has 0 aliphatic heterocycles. The zero-order valence-corrected chi connectivity index (χ0v) is 11.4. The Bertz CT molecular complexity index is 508. The summed E-state index contributed by atoms with van der Waals surface area (Å²) in [5.41, 5.74) is 3.11. The predicted molar refractivity (Wildman–Crippen MR) is 81.1 cm³/mol. The minimum absolute atomic E-state index is 0.398. The molecule has 0 heterocycles. The van der Waals surface area contributed by atoms with Gasteiger partial charge in [-0.15, -0.1) is 0 Å². The molecule has 2 aromatic carbocycles. The number of hydrogen-bond donors (Lipinski definition) is 2. The molecule has 0 saturated carbocycles. The lowest BCUT2D eigenvalue weighted by molar-refractivity contribution is 0.466. The van der Waals surface area contributed by atoms with Crippen LogP contribution in [0.5, 0.6) is 5.75 Å². The normalized spacial score (nSPS) is 10.4. The number of phenolic OH excluding ortho intramolecular Hbond substituents is 1. The fourth-order valence-electron chi connectivity index (χ4n) is 2.12. The molecule has 2 aromatic rings. The lowest BCUT2D eigenvalue weighted by Gasteiger charge is -2.10. The highest BCUT2D eigenvalue weighted by molar-refractivity contribution is 5.61. The SMILES string of the molecule is CCCCCc1cc(Nc2ccccc2)ccc1O. The number of hydrogen-bond acceptors (Lipinski definition) is 2. The van der Waals surface area contributed by atoms with Crippen molar-refractivity contribution in [3.8, 4) is 5.75 Å². The number of nitrogens with one attached hydrogen (secondary N) is 1. The van der Waals surface area contributed by atoms with E-state index in [0.29, 0.717) is 5.75 Å². The second-order valence-electron chi connectivity index (χ2n) is 4.79. The van der Waals surface area contributed by atoms with Crippen molar-refractivity contribution in [2.45, 2.75) is 32.6 Å². The van der Waals surface area contributed by atoms with Gasteiger partial charge >= 0.3 is 0 Å². The molecule has 2 N–H and O–H groups in total. The first kappa shape index (κ1) is 13.5. The van der Waals surface area contributed by atoms with Crippen molar-refractivity contribution in [3.05, 3.63) is 54.1 Å². The number of aromatic hydroxyl groups is 1. The van der Waals surface area contributed by atoms with Crippen LogP contribution in [-0.2, 0) is 6.42 Å². The highest BCUT2D eigenvalue weighted by atomic mass is 16.3.